The molecule has 1 aromatic heterocycles. The molecule has 0 saturated heterocycles. The van der Waals surface area contributed by atoms with Crippen LogP contribution in [0.25, 0.3) is 0 Å². The van der Waals surface area contributed by atoms with E-state index in [2.05, 4.69) is 22.6 Å². The van der Waals surface area contributed by atoms with E-state index in [-0.39, 0.29) is 12.2 Å². The fourth-order valence-corrected chi connectivity index (χ4v) is 1.54. The van der Waals surface area contributed by atoms with E-state index in [1.54, 1.807) is 16.8 Å². The Morgan fingerprint density at radius 3 is 2.92 bits per heavy atom. The van der Waals surface area contributed by atoms with Gasteiger partial charge in [-0.1, -0.05) is 0 Å². The molecule has 0 fully saturated rings. The van der Waals surface area contributed by atoms with E-state index in [9.17, 15) is 9.18 Å². The highest BCUT2D eigenvalue weighted by Gasteiger charge is 2.00. The van der Waals surface area contributed by atoms with Gasteiger partial charge in [0.2, 0.25) is 0 Å². The molecule has 0 aliphatic heterocycles. The lowest BCUT2D eigenvalue weighted by Gasteiger charge is -2.05. The zero-order valence-electron chi connectivity index (χ0n) is 7.39. The van der Waals surface area contributed by atoms with E-state index in [0.717, 1.165) is 9.13 Å². The van der Waals surface area contributed by atoms with Crippen LogP contribution >= 0.6 is 22.6 Å². The van der Waals surface area contributed by atoms with Gasteiger partial charge in [-0.25, -0.2) is 0 Å². The zero-order valence-corrected chi connectivity index (χ0v) is 9.54. The summed E-state index contributed by atoms with van der Waals surface area (Å²) in [5.74, 6) is 0. The minimum atomic E-state index is -0.378. The number of halogens is 2. The van der Waals surface area contributed by atoms with E-state index < -0.39 is 0 Å². The summed E-state index contributed by atoms with van der Waals surface area (Å²) >= 11 is 2.16. The van der Waals surface area contributed by atoms with Gasteiger partial charge in [0.25, 0.3) is 5.56 Å². The van der Waals surface area contributed by atoms with Gasteiger partial charge in [0.1, 0.15) is 0 Å². The minimum absolute atomic E-state index is 0.0497. The quantitative estimate of drug-likeness (QED) is 0.783. The topological polar surface area (TPSA) is 22.0 Å². The van der Waals surface area contributed by atoms with Crippen molar-refractivity contribution in [3.63, 3.8) is 0 Å². The Morgan fingerprint density at radius 2 is 2.31 bits per heavy atom. The SMILES string of the molecule is Cc1cc(=O)n(CCCF)cc1I. The average Bonchev–Trinajstić information content (AvgIpc) is 2.09. The Morgan fingerprint density at radius 1 is 1.62 bits per heavy atom. The van der Waals surface area contributed by atoms with Gasteiger partial charge in [-0.05, 0) is 41.5 Å². The van der Waals surface area contributed by atoms with Gasteiger partial charge >= 0.3 is 0 Å². The maximum Gasteiger partial charge on any atom is 0.250 e. The van der Waals surface area contributed by atoms with E-state index in [1.165, 1.54) is 0 Å². The Kier molecular flexibility index (Phi) is 3.90. The zero-order chi connectivity index (χ0) is 9.84. The highest BCUT2D eigenvalue weighted by atomic mass is 127. The van der Waals surface area contributed by atoms with Gasteiger partial charge in [-0.15, -0.1) is 0 Å². The summed E-state index contributed by atoms with van der Waals surface area (Å²) in [4.78, 5) is 11.3. The van der Waals surface area contributed by atoms with Crippen LogP contribution in [0.1, 0.15) is 12.0 Å². The fraction of sp³-hybridized carbons (Fsp3) is 0.444. The third kappa shape index (κ3) is 2.79. The van der Waals surface area contributed by atoms with Crippen LogP contribution in [0.2, 0.25) is 0 Å². The molecule has 0 bridgehead atoms. The number of rotatable bonds is 3. The van der Waals surface area contributed by atoms with Crippen molar-refractivity contribution in [3.8, 4) is 0 Å². The molecule has 0 unspecified atom stereocenters. The Balaban J connectivity index is 2.95. The normalized spacial score (nSPS) is 10.4. The van der Waals surface area contributed by atoms with Gasteiger partial charge < -0.3 is 4.57 Å². The van der Waals surface area contributed by atoms with Crippen LogP contribution in [0.4, 0.5) is 4.39 Å². The van der Waals surface area contributed by atoms with Crippen LogP contribution < -0.4 is 5.56 Å². The summed E-state index contributed by atoms with van der Waals surface area (Å²) in [5.41, 5.74) is 0.925. The van der Waals surface area contributed by atoms with Crippen molar-refractivity contribution in [3.05, 3.63) is 31.8 Å². The van der Waals surface area contributed by atoms with Crippen molar-refractivity contribution >= 4 is 22.6 Å². The Bertz CT molecular complexity index is 348. The molecule has 4 heteroatoms. The first-order valence-corrected chi connectivity index (χ1v) is 5.15. The molecule has 13 heavy (non-hydrogen) atoms. The van der Waals surface area contributed by atoms with Crippen molar-refractivity contribution in [2.45, 2.75) is 19.9 Å². The summed E-state index contributed by atoms with van der Waals surface area (Å²) in [7, 11) is 0. The molecule has 0 aliphatic rings. The van der Waals surface area contributed by atoms with Crippen LogP contribution in [-0.2, 0) is 6.54 Å². The van der Waals surface area contributed by atoms with Crippen molar-refractivity contribution < 1.29 is 4.39 Å². The predicted molar refractivity (Wildman–Crippen MR) is 58.7 cm³/mol. The number of nitrogens with zero attached hydrogens (tertiary/aromatic N) is 1. The van der Waals surface area contributed by atoms with Crippen LogP contribution in [0.3, 0.4) is 0 Å². The second-order valence-corrected chi connectivity index (χ2v) is 4.04. The molecule has 0 radical (unpaired) electrons. The molecule has 0 atom stereocenters. The molecule has 0 amide bonds. The molecule has 1 rings (SSSR count). The fourth-order valence-electron chi connectivity index (χ4n) is 1.04. The highest BCUT2D eigenvalue weighted by molar-refractivity contribution is 14.1. The molecular formula is C9H11FINO. The first-order chi connectivity index (χ1) is 6.15. The largest absolute Gasteiger partial charge is 0.314 e. The molecule has 1 heterocycles. The van der Waals surface area contributed by atoms with Gasteiger partial charge in [0.05, 0.1) is 6.67 Å². The van der Waals surface area contributed by atoms with Crippen molar-refractivity contribution in [2.75, 3.05) is 6.67 Å². The highest BCUT2D eigenvalue weighted by Crippen LogP contribution is 2.07. The number of hydrogen-bond acceptors (Lipinski definition) is 1. The van der Waals surface area contributed by atoms with E-state index >= 15 is 0 Å². The predicted octanol–water partition coefficient (Wildman–Crippen LogP) is 2.12. The maximum absolute atomic E-state index is 11.9. The summed E-state index contributed by atoms with van der Waals surface area (Å²) < 4.78 is 14.5. The number of aryl methyl sites for hydroxylation is 2. The number of hydrogen-bond donors (Lipinski definition) is 0. The lowest BCUT2D eigenvalue weighted by Crippen LogP contribution is -2.20. The first-order valence-electron chi connectivity index (χ1n) is 4.07. The van der Waals surface area contributed by atoms with Gasteiger partial charge in [-0.3, -0.25) is 9.18 Å². The third-order valence-corrected chi connectivity index (χ3v) is 2.93. The molecule has 0 N–H and O–H groups in total. The molecule has 2 nitrogen and oxygen atoms in total. The lowest BCUT2D eigenvalue weighted by atomic mass is 10.3. The Labute approximate surface area is 89.9 Å². The van der Waals surface area contributed by atoms with Gasteiger partial charge in [0.15, 0.2) is 0 Å². The summed E-state index contributed by atoms with van der Waals surface area (Å²) in [6.45, 7) is 1.98. The van der Waals surface area contributed by atoms with E-state index in [0.29, 0.717) is 13.0 Å². The third-order valence-electron chi connectivity index (χ3n) is 1.80. The second kappa shape index (κ2) is 4.74. The van der Waals surface area contributed by atoms with Gasteiger partial charge in [-0.2, -0.15) is 0 Å². The van der Waals surface area contributed by atoms with Crippen molar-refractivity contribution in [1.29, 1.82) is 0 Å². The van der Waals surface area contributed by atoms with Crippen LogP contribution in [0, 0.1) is 10.5 Å². The van der Waals surface area contributed by atoms with Crippen LogP contribution in [0.5, 0.6) is 0 Å². The minimum Gasteiger partial charge on any atom is -0.314 e. The number of pyridine rings is 1. The molecule has 1 aromatic rings. The van der Waals surface area contributed by atoms with Crippen LogP contribution in [0.15, 0.2) is 17.1 Å². The standard InChI is InChI=1S/C9H11FINO/c1-7-5-9(13)12(4-2-3-10)6-8(7)11/h5-6H,2-4H2,1H3. The Hall–Kier alpha value is -0.390. The molecule has 0 aliphatic carbocycles. The van der Waals surface area contributed by atoms with Crippen molar-refractivity contribution in [2.24, 2.45) is 0 Å². The molecule has 0 aromatic carbocycles. The smallest absolute Gasteiger partial charge is 0.250 e. The molecular weight excluding hydrogens is 284 g/mol. The number of aromatic nitrogens is 1. The molecule has 72 valence electrons. The van der Waals surface area contributed by atoms with Crippen molar-refractivity contribution in [1.82, 2.24) is 4.57 Å². The van der Waals surface area contributed by atoms with E-state index in [4.69, 9.17) is 0 Å². The summed E-state index contributed by atoms with van der Waals surface area (Å²) in [5, 5.41) is 0. The molecule has 0 spiro atoms. The van der Waals surface area contributed by atoms with Gasteiger partial charge in [0, 0.05) is 22.4 Å². The van der Waals surface area contributed by atoms with Crippen LogP contribution in [-0.4, -0.2) is 11.2 Å². The van der Waals surface area contributed by atoms with E-state index in [1.807, 2.05) is 6.92 Å². The first kappa shape index (κ1) is 10.7. The summed E-state index contributed by atoms with van der Waals surface area (Å²) in [6.07, 6.45) is 2.17. The maximum atomic E-state index is 11.9. The summed E-state index contributed by atoms with van der Waals surface area (Å²) in [6, 6.07) is 1.58. The lowest BCUT2D eigenvalue weighted by molar-refractivity contribution is 0.443. The monoisotopic (exact) mass is 295 g/mol. The average molecular weight is 295 g/mol. The molecule has 0 saturated carbocycles. The number of alkyl halides is 1. The second-order valence-electron chi connectivity index (χ2n) is 2.88.